The molecular formula is C10H12N2O4. The summed E-state index contributed by atoms with van der Waals surface area (Å²) < 4.78 is 4.75. The van der Waals surface area contributed by atoms with Gasteiger partial charge in [-0.2, -0.15) is 0 Å². The average molecular weight is 224 g/mol. The lowest BCUT2D eigenvalue weighted by Gasteiger charge is -2.15. The first-order chi connectivity index (χ1) is 7.63. The van der Waals surface area contributed by atoms with Gasteiger partial charge in [-0.3, -0.25) is 4.98 Å². The van der Waals surface area contributed by atoms with Crippen LogP contribution in [0.1, 0.15) is 22.9 Å². The second-order valence-corrected chi connectivity index (χ2v) is 3.58. The Kier molecular flexibility index (Phi) is 2.66. The minimum atomic E-state index is -0.525. The third kappa shape index (κ3) is 1.67. The van der Waals surface area contributed by atoms with Gasteiger partial charge in [0.15, 0.2) is 0 Å². The molecule has 1 saturated heterocycles. The van der Waals surface area contributed by atoms with Crippen LogP contribution in [-0.4, -0.2) is 27.9 Å². The standard InChI is InChI=1S/C10H12N2O4/c1-5-9(14)8(6(3-13)2-11-5)7-4-16-10(15)12-7/h2,7,13-14H,3-4H2,1H3,(H,12,15)/t7-/m0/s1. The van der Waals surface area contributed by atoms with Crippen molar-refractivity contribution in [3.05, 3.63) is 23.0 Å². The predicted molar refractivity (Wildman–Crippen MR) is 53.8 cm³/mol. The molecule has 1 aromatic rings. The molecule has 0 spiro atoms. The molecule has 2 rings (SSSR count). The van der Waals surface area contributed by atoms with Crippen LogP contribution in [-0.2, 0) is 11.3 Å². The highest BCUT2D eigenvalue weighted by molar-refractivity contribution is 5.70. The zero-order chi connectivity index (χ0) is 11.7. The maximum Gasteiger partial charge on any atom is 0.407 e. The Labute approximate surface area is 91.9 Å². The van der Waals surface area contributed by atoms with Crippen molar-refractivity contribution in [1.29, 1.82) is 0 Å². The number of carbonyl (C=O) groups excluding carboxylic acids is 1. The third-order valence-electron chi connectivity index (χ3n) is 2.55. The number of aliphatic hydroxyl groups is 1. The lowest BCUT2D eigenvalue weighted by molar-refractivity contribution is 0.176. The summed E-state index contributed by atoms with van der Waals surface area (Å²) in [6.45, 7) is 1.54. The Bertz CT molecular complexity index is 433. The van der Waals surface area contributed by atoms with Gasteiger partial charge in [-0.25, -0.2) is 4.79 Å². The highest BCUT2D eigenvalue weighted by atomic mass is 16.6. The number of hydrogen-bond acceptors (Lipinski definition) is 5. The molecule has 2 heterocycles. The van der Waals surface area contributed by atoms with E-state index < -0.39 is 12.1 Å². The van der Waals surface area contributed by atoms with Crippen molar-refractivity contribution in [3.8, 4) is 5.75 Å². The van der Waals surface area contributed by atoms with Crippen LogP contribution in [0.15, 0.2) is 6.20 Å². The minimum absolute atomic E-state index is 0.0117. The van der Waals surface area contributed by atoms with Crippen LogP contribution in [0.5, 0.6) is 5.75 Å². The van der Waals surface area contributed by atoms with Crippen LogP contribution in [0.3, 0.4) is 0 Å². The summed E-state index contributed by atoms with van der Waals surface area (Å²) in [5, 5.41) is 21.6. The first-order valence-corrected chi connectivity index (χ1v) is 4.85. The smallest absolute Gasteiger partial charge is 0.407 e. The predicted octanol–water partition coefficient (Wildman–Crippen LogP) is 0.369. The molecule has 0 aliphatic carbocycles. The number of amides is 1. The van der Waals surface area contributed by atoms with Gasteiger partial charge in [0.25, 0.3) is 0 Å². The van der Waals surface area contributed by atoms with Crippen molar-refractivity contribution < 1.29 is 19.7 Å². The van der Waals surface area contributed by atoms with Crippen molar-refractivity contribution in [2.24, 2.45) is 0 Å². The molecule has 6 heteroatoms. The summed E-state index contributed by atoms with van der Waals surface area (Å²) in [4.78, 5) is 14.9. The number of aliphatic hydroxyl groups excluding tert-OH is 1. The first-order valence-electron chi connectivity index (χ1n) is 4.85. The maximum atomic E-state index is 10.9. The highest BCUT2D eigenvalue weighted by Gasteiger charge is 2.29. The van der Waals surface area contributed by atoms with Gasteiger partial charge in [0.1, 0.15) is 12.4 Å². The molecule has 1 fully saturated rings. The molecule has 0 saturated carbocycles. The summed E-state index contributed by atoms with van der Waals surface area (Å²) >= 11 is 0. The van der Waals surface area contributed by atoms with Gasteiger partial charge < -0.3 is 20.3 Å². The van der Waals surface area contributed by atoms with E-state index in [1.807, 2.05) is 0 Å². The molecule has 0 aromatic carbocycles. The summed E-state index contributed by atoms with van der Waals surface area (Å²) in [6, 6.07) is -0.434. The number of nitrogens with one attached hydrogen (secondary N) is 1. The lowest BCUT2D eigenvalue weighted by atomic mass is 10.0. The number of cyclic esters (lactones) is 1. The molecule has 0 bridgehead atoms. The normalized spacial score (nSPS) is 19.4. The van der Waals surface area contributed by atoms with Crippen molar-refractivity contribution in [2.45, 2.75) is 19.6 Å². The quantitative estimate of drug-likeness (QED) is 0.675. The lowest BCUT2D eigenvalue weighted by Crippen LogP contribution is -2.20. The zero-order valence-electron chi connectivity index (χ0n) is 8.73. The fraction of sp³-hybridized carbons (Fsp3) is 0.400. The zero-order valence-corrected chi connectivity index (χ0v) is 8.73. The Balaban J connectivity index is 2.45. The van der Waals surface area contributed by atoms with Crippen molar-refractivity contribution in [1.82, 2.24) is 10.3 Å². The van der Waals surface area contributed by atoms with Gasteiger partial charge in [0, 0.05) is 17.3 Å². The van der Waals surface area contributed by atoms with Gasteiger partial charge in [-0.15, -0.1) is 0 Å². The molecule has 6 nitrogen and oxygen atoms in total. The summed E-state index contributed by atoms with van der Waals surface area (Å²) in [5.41, 5.74) is 1.41. The Morgan fingerprint density at radius 2 is 2.44 bits per heavy atom. The van der Waals surface area contributed by atoms with E-state index in [9.17, 15) is 9.90 Å². The second-order valence-electron chi connectivity index (χ2n) is 3.58. The van der Waals surface area contributed by atoms with Crippen LogP contribution in [0.25, 0.3) is 0 Å². The molecular weight excluding hydrogens is 212 g/mol. The van der Waals surface area contributed by atoms with Crippen molar-refractivity contribution >= 4 is 6.09 Å². The fourth-order valence-corrected chi connectivity index (χ4v) is 1.71. The first kappa shape index (κ1) is 10.7. The molecule has 1 aromatic heterocycles. The SMILES string of the molecule is Cc1ncc(CO)c([C@@H]2COC(=O)N2)c1O. The largest absolute Gasteiger partial charge is 0.506 e. The molecule has 0 unspecified atom stereocenters. The molecule has 1 amide bonds. The van der Waals surface area contributed by atoms with Gasteiger partial charge in [0.05, 0.1) is 18.3 Å². The summed E-state index contributed by atoms with van der Waals surface area (Å²) in [5.74, 6) is -0.0117. The number of nitrogens with zero attached hydrogens (tertiary/aromatic N) is 1. The van der Waals surface area contributed by atoms with Crippen LogP contribution < -0.4 is 5.32 Å². The molecule has 16 heavy (non-hydrogen) atoms. The van der Waals surface area contributed by atoms with Crippen LogP contribution >= 0.6 is 0 Å². The van der Waals surface area contributed by atoms with E-state index in [1.165, 1.54) is 6.20 Å². The Morgan fingerprint density at radius 3 is 3.00 bits per heavy atom. The number of aromatic hydroxyl groups is 1. The van der Waals surface area contributed by atoms with Crippen LogP contribution in [0.4, 0.5) is 4.79 Å². The molecule has 1 aliphatic heterocycles. The van der Waals surface area contributed by atoms with E-state index in [4.69, 9.17) is 9.84 Å². The number of aryl methyl sites for hydroxylation is 1. The van der Waals surface area contributed by atoms with E-state index in [1.54, 1.807) is 6.92 Å². The van der Waals surface area contributed by atoms with E-state index in [-0.39, 0.29) is 19.0 Å². The number of rotatable bonds is 2. The number of alkyl carbamates (subject to hydrolysis) is 1. The number of ether oxygens (including phenoxy) is 1. The van der Waals surface area contributed by atoms with E-state index in [0.717, 1.165) is 0 Å². The van der Waals surface area contributed by atoms with E-state index in [2.05, 4.69) is 10.3 Å². The number of hydrogen-bond donors (Lipinski definition) is 3. The second kappa shape index (κ2) is 3.97. The number of aromatic nitrogens is 1. The molecule has 1 aliphatic rings. The van der Waals surface area contributed by atoms with E-state index >= 15 is 0 Å². The minimum Gasteiger partial charge on any atom is -0.506 e. The van der Waals surface area contributed by atoms with Crippen LogP contribution in [0.2, 0.25) is 0 Å². The molecule has 86 valence electrons. The average Bonchev–Trinajstić information content (AvgIpc) is 2.68. The van der Waals surface area contributed by atoms with Gasteiger partial charge >= 0.3 is 6.09 Å². The maximum absolute atomic E-state index is 10.9. The van der Waals surface area contributed by atoms with Gasteiger partial charge in [-0.05, 0) is 6.92 Å². The molecule has 3 N–H and O–H groups in total. The Morgan fingerprint density at radius 1 is 1.69 bits per heavy atom. The summed E-state index contributed by atoms with van der Waals surface area (Å²) in [7, 11) is 0. The van der Waals surface area contributed by atoms with Gasteiger partial charge in [-0.1, -0.05) is 0 Å². The number of carbonyl (C=O) groups is 1. The summed E-state index contributed by atoms with van der Waals surface area (Å²) in [6.07, 6.45) is 0.956. The fourth-order valence-electron chi connectivity index (χ4n) is 1.71. The molecule has 1 atom stereocenters. The van der Waals surface area contributed by atoms with Crippen molar-refractivity contribution in [2.75, 3.05) is 6.61 Å². The third-order valence-corrected chi connectivity index (χ3v) is 2.55. The Hall–Kier alpha value is -1.82. The number of pyridine rings is 1. The topological polar surface area (TPSA) is 91.7 Å². The van der Waals surface area contributed by atoms with Crippen LogP contribution in [0, 0.1) is 6.92 Å². The van der Waals surface area contributed by atoms with E-state index in [0.29, 0.717) is 16.8 Å². The highest BCUT2D eigenvalue weighted by Crippen LogP contribution is 2.31. The monoisotopic (exact) mass is 224 g/mol. The molecule has 0 radical (unpaired) electrons. The van der Waals surface area contributed by atoms with Crippen molar-refractivity contribution in [3.63, 3.8) is 0 Å². The van der Waals surface area contributed by atoms with Gasteiger partial charge in [0.2, 0.25) is 0 Å².